The van der Waals surface area contributed by atoms with E-state index in [2.05, 4.69) is 10.3 Å². The zero-order valence-corrected chi connectivity index (χ0v) is 8.73. The number of carbonyl (C=O) groups is 1. The van der Waals surface area contributed by atoms with Crippen LogP contribution in [-0.4, -0.2) is 39.6 Å². The summed E-state index contributed by atoms with van der Waals surface area (Å²) in [5, 5.41) is 3.28. The molecule has 1 amide bonds. The standard InChI is InChI=1S/C10H14N4O/c1-7-12-5-9-6-13(10(15)14(7)9)8-2-3-11-4-8/h5,8,11H,2-4,6H2,1H3. The van der Waals surface area contributed by atoms with Crippen LogP contribution in [0.2, 0.25) is 0 Å². The SMILES string of the molecule is Cc1ncc2n1C(=O)N(C1CCNC1)C2. The van der Waals surface area contributed by atoms with Crippen LogP contribution in [0.3, 0.4) is 0 Å². The molecule has 15 heavy (non-hydrogen) atoms. The predicted molar refractivity (Wildman–Crippen MR) is 54.6 cm³/mol. The van der Waals surface area contributed by atoms with Crippen LogP contribution in [0.1, 0.15) is 17.9 Å². The molecule has 2 aliphatic rings. The lowest BCUT2D eigenvalue weighted by atomic mass is 10.2. The van der Waals surface area contributed by atoms with E-state index in [1.165, 1.54) is 0 Å². The Morgan fingerprint density at radius 3 is 3.13 bits per heavy atom. The molecule has 0 radical (unpaired) electrons. The quantitative estimate of drug-likeness (QED) is 0.720. The predicted octanol–water partition coefficient (Wildman–Crippen LogP) is 0.337. The van der Waals surface area contributed by atoms with E-state index in [4.69, 9.17) is 0 Å². The smallest absolute Gasteiger partial charge is 0.315 e. The lowest BCUT2D eigenvalue weighted by Gasteiger charge is -2.22. The van der Waals surface area contributed by atoms with Crippen molar-refractivity contribution in [3.63, 3.8) is 0 Å². The highest BCUT2D eigenvalue weighted by molar-refractivity contribution is 5.81. The van der Waals surface area contributed by atoms with E-state index in [1.54, 1.807) is 10.8 Å². The summed E-state index contributed by atoms with van der Waals surface area (Å²) in [6.45, 7) is 4.52. The lowest BCUT2D eigenvalue weighted by Crippen LogP contribution is -2.38. The molecule has 5 nitrogen and oxygen atoms in total. The van der Waals surface area contributed by atoms with Gasteiger partial charge in [0, 0.05) is 12.6 Å². The number of rotatable bonds is 1. The average molecular weight is 206 g/mol. The van der Waals surface area contributed by atoms with Crippen LogP contribution >= 0.6 is 0 Å². The fourth-order valence-corrected chi connectivity index (χ4v) is 2.43. The van der Waals surface area contributed by atoms with Gasteiger partial charge in [0.1, 0.15) is 5.82 Å². The first-order valence-corrected chi connectivity index (χ1v) is 5.32. The molecule has 0 aromatic carbocycles. The normalized spacial score (nSPS) is 25.0. The maximum absolute atomic E-state index is 12.1. The van der Waals surface area contributed by atoms with Crippen molar-refractivity contribution in [3.8, 4) is 0 Å². The summed E-state index contributed by atoms with van der Waals surface area (Å²) >= 11 is 0. The zero-order valence-electron chi connectivity index (χ0n) is 8.73. The van der Waals surface area contributed by atoms with Crippen LogP contribution in [0.5, 0.6) is 0 Å². The largest absolute Gasteiger partial charge is 0.330 e. The summed E-state index contributed by atoms with van der Waals surface area (Å²) in [7, 11) is 0. The van der Waals surface area contributed by atoms with Gasteiger partial charge < -0.3 is 10.2 Å². The Labute approximate surface area is 88.1 Å². The van der Waals surface area contributed by atoms with E-state index >= 15 is 0 Å². The average Bonchev–Trinajstić information content (AvgIpc) is 2.86. The Bertz CT molecular complexity index is 406. The van der Waals surface area contributed by atoms with Crippen LogP contribution < -0.4 is 5.32 Å². The molecule has 1 aromatic heterocycles. The minimum absolute atomic E-state index is 0.0914. The summed E-state index contributed by atoms with van der Waals surface area (Å²) in [4.78, 5) is 18.2. The van der Waals surface area contributed by atoms with Gasteiger partial charge >= 0.3 is 6.03 Å². The Balaban J connectivity index is 1.89. The number of nitrogens with one attached hydrogen (secondary N) is 1. The van der Waals surface area contributed by atoms with Crippen LogP contribution in [0.15, 0.2) is 6.20 Å². The molecule has 5 heteroatoms. The van der Waals surface area contributed by atoms with Gasteiger partial charge in [-0.2, -0.15) is 0 Å². The first-order valence-electron chi connectivity index (χ1n) is 5.32. The van der Waals surface area contributed by atoms with Crippen LogP contribution in [0, 0.1) is 6.92 Å². The first kappa shape index (κ1) is 8.91. The van der Waals surface area contributed by atoms with Gasteiger partial charge in [0.25, 0.3) is 0 Å². The van der Waals surface area contributed by atoms with Gasteiger partial charge in [-0.25, -0.2) is 9.78 Å². The molecule has 1 aromatic rings. The second-order valence-electron chi connectivity index (χ2n) is 4.19. The van der Waals surface area contributed by atoms with E-state index in [0.717, 1.165) is 31.0 Å². The number of hydrogen-bond donors (Lipinski definition) is 1. The number of aryl methyl sites for hydroxylation is 1. The summed E-state index contributed by atoms with van der Waals surface area (Å²) < 4.78 is 1.72. The first-order chi connectivity index (χ1) is 7.27. The van der Waals surface area contributed by atoms with E-state index in [-0.39, 0.29) is 6.03 Å². The molecule has 3 heterocycles. The second-order valence-corrected chi connectivity index (χ2v) is 4.19. The van der Waals surface area contributed by atoms with Crippen LogP contribution in [0.25, 0.3) is 0 Å². The van der Waals surface area contributed by atoms with Gasteiger partial charge in [-0.3, -0.25) is 4.57 Å². The molecule has 0 saturated carbocycles. The molecule has 1 fully saturated rings. The fourth-order valence-electron chi connectivity index (χ4n) is 2.43. The highest BCUT2D eigenvalue weighted by Gasteiger charge is 2.34. The number of fused-ring (bicyclic) bond motifs is 1. The topological polar surface area (TPSA) is 50.2 Å². The van der Waals surface area contributed by atoms with Crippen molar-refractivity contribution in [2.45, 2.75) is 25.9 Å². The third kappa shape index (κ3) is 1.19. The molecule has 0 aliphatic carbocycles. The summed E-state index contributed by atoms with van der Waals surface area (Å²) in [5.41, 5.74) is 1.02. The van der Waals surface area contributed by atoms with Crippen molar-refractivity contribution in [3.05, 3.63) is 17.7 Å². The molecule has 2 aliphatic heterocycles. The number of aromatic nitrogens is 2. The third-order valence-corrected chi connectivity index (χ3v) is 3.26. The second kappa shape index (κ2) is 3.06. The molecule has 1 N–H and O–H groups in total. The number of nitrogens with zero attached hydrogens (tertiary/aromatic N) is 3. The Hall–Kier alpha value is -1.36. The summed E-state index contributed by atoms with van der Waals surface area (Å²) in [6, 6.07) is 0.450. The Kier molecular flexibility index (Phi) is 1.82. The van der Waals surface area contributed by atoms with Crippen molar-refractivity contribution in [2.75, 3.05) is 13.1 Å². The fraction of sp³-hybridized carbons (Fsp3) is 0.600. The van der Waals surface area contributed by atoms with E-state index in [9.17, 15) is 4.79 Å². The zero-order chi connectivity index (χ0) is 10.4. The van der Waals surface area contributed by atoms with Crippen molar-refractivity contribution >= 4 is 6.03 Å². The highest BCUT2D eigenvalue weighted by atomic mass is 16.2. The van der Waals surface area contributed by atoms with E-state index < -0.39 is 0 Å². The number of hydrogen-bond acceptors (Lipinski definition) is 3. The Morgan fingerprint density at radius 1 is 1.60 bits per heavy atom. The van der Waals surface area contributed by atoms with Crippen molar-refractivity contribution in [1.29, 1.82) is 0 Å². The van der Waals surface area contributed by atoms with Gasteiger partial charge in [0.2, 0.25) is 0 Å². The molecular weight excluding hydrogens is 192 g/mol. The minimum atomic E-state index is 0.0914. The molecule has 3 rings (SSSR count). The summed E-state index contributed by atoms with van der Waals surface area (Å²) in [5.74, 6) is 0.795. The maximum atomic E-state index is 12.1. The number of amides is 1. The number of carbonyl (C=O) groups excluding carboxylic acids is 1. The minimum Gasteiger partial charge on any atom is -0.315 e. The van der Waals surface area contributed by atoms with Gasteiger partial charge in [0.05, 0.1) is 18.4 Å². The third-order valence-electron chi connectivity index (χ3n) is 3.26. The number of imidazole rings is 1. The van der Waals surface area contributed by atoms with Crippen molar-refractivity contribution < 1.29 is 4.79 Å². The molecule has 1 atom stereocenters. The van der Waals surface area contributed by atoms with Crippen molar-refractivity contribution in [2.24, 2.45) is 0 Å². The molecule has 80 valence electrons. The molecule has 0 bridgehead atoms. The molecule has 1 saturated heterocycles. The van der Waals surface area contributed by atoms with E-state index in [1.807, 2.05) is 11.8 Å². The Morgan fingerprint density at radius 2 is 2.47 bits per heavy atom. The van der Waals surface area contributed by atoms with Gasteiger partial charge in [0.15, 0.2) is 0 Å². The summed E-state index contributed by atoms with van der Waals surface area (Å²) in [6.07, 6.45) is 2.86. The highest BCUT2D eigenvalue weighted by Crippen LogP contribution is 2.22. The van der Waals surface area contributed by atoms with Gasteiger partial charge in [-0.15, -0.1) is 0 Å². The van der Waals surface area contributed by atoms with E-state index in [0.29, 0.717) is 12.6 Å². The lowest BCUT2D eigenvalue weighted by molar-refractivity contribution is 0.190. The van der Waals surface area contributed by atoms with Crippen LogP contribution in [0.4, 0.5) is 4.79 Å². The van der Waals surface area contributed by atoms with Gasteiger partial charge in [-0.1, -0.05) is 0 Å². The van der Waals surface area contributed by atoms with Crippen molar-refractivity contribution in [1.82, 2.24) is 19.8 Å². The molecule has 1 unspecified atom stereocenters. The molecule has 0 spiro atoms. The van der Waals surface area contributed by atoms with Gasteiger partial charge in [-0.05, 0) is 19.9 Å². The molecular formula is C10H14N4O. The maximum Gasteiger partial charge on any atom is 0.330 e. The monoisotopic (exact) mass is 206 g/mol. The van der Waals surface area contributed by atoms with Crippen LogP contribution in [-0.2, 0) is 6.54 Å².